The van der Waals surface area contributed by atoms with Crippen LogP contribution in [0.1, 0.15) is 23.1 Å². The fourth-order valence-electron chi connectivity index (χ4n) is 1.39. The molecule has 1 aromatic carbocycles. The van der Waals surface area contributed by atoms with Crippen molar-refractivity contribution in [1.29, 1.82) is 0 Å². The van der Waals surface area contributed by atoms with Crippen LogP contribution in [0.4, 0.5) is 0 Å². The molecule has 0 N–H and O–H groups in total. The molecule has 0 fully saturated rings. The summed E-state index contributed by atoms with van der Waals surface area (Å²) in [6.07, 6.45) is 1.68. The summed E-state index contributed by atoms with van der Waals surface area (Å²) in [5.41, 5.74) is 3.92. The van der Waals surface area contributed by atoms with Crippen molar-refractivity contribution in [2.75, 3.05) is 6.61 Å². The Morgan fingerprint density at radius 2 is 2.00 bits per heavy atom. The van der Waals surface area contributed by atoms with Crippen LogP contribution in [0.25, 0.3) is 0 Å². The van der Waals surface area contributed by atoms with Gasteiger partial charge in [-0.25, -0.2) is 5.11 Å². The highest BCUT2D eigenvalue weighted by molar-refractivity contribution is 5.30. The maximum absolute atomic E-state index is 10.3. The first-order chi connectivity index (χ1) is 5.74. The Hall–Kier alpha value is -0.820. The minimum Gasteiger partial charge on any atom is -0.237 e. The Morgan fingerprint density at radius 1 is 1.25 bits per heavy atom. The highest BCUT2D eigenvalue weighted by Gasteiger charge is 1.97. The molecule has 0 atom stereocenters. The molecule has 0 unspecified atom stereocenters. The van der Waals surface area contributed by atoms with E-state index in [0.717, 1.165) is 12.8 Å². The fraction of sp³-hybridized carbons (Fsp3) is 0.455. The van der Waals surface area contributed by atoms with Gasteiger partial charge in [-0.05, 0) is 37.8 Å². The van der Waals surface area contributed by atoms with Gasteiger partial charge in [-0.15, -0.1) is 0 Å². The predicted molar refractivity (Wildman–Crippen MR) is 49.8 cm³/mol. The minimum absolute atomic E-state index is 0.0350. The molecule has 0 aliphatic heterocycles. The predicted octanol–water partition coefficient (Wildman–Crippen LogP) is 2.67. The topological polar surface area (TPSA) is 19.9 Å². The Balaban J connectivity index is 2.72. The lowest BCUT2D eigenvalue weighted by Gasteiger charge is -2.04. The summed E-state index contributed by atoms with van der Waals surface area (Å²) >= 11 is 0. The van der Waals surface area contributed by atoms with E-state index in [2.05, 4.69) is 32.0 Å². The Morgan fingerprint density at radius 3 is 2.58 bits per heavy atom. The number of rotatable bonds is 3. The molecular weight excluding hydrogens is 148 g/mol. The van der Waals surface area contributed by atoms with E-state index >= 15 is 0 Å². The quantitative estimate of drug-likeness (QED) is 0.653. The van der Waals surface area contributed by atoms with Crippen LogP contribution in [-0.4, -0.2) is 6.61 Å². The molecule has 0 aliphatic rings. The van der Waals surface area contributed by atoms with Crippen molar-refractivity contribution in [3.63, 3.8) is 0 Å². The van der Waals surface area contributed by atoms with Crippen molar-refractivity contribution in [1.82, 2.24) is 0 Å². The van der Waals surface area contributed by atoms with Crippen LogP contribution in [0.2, 0.25) is 0 Å². The Labute approximate surface area is 74.1 Å². The van der Waals surface area contributed by atoms with Gasteiger partial charge in [0.05, 0.1) is 6.61 Å². The molecule has 12 heavy (non-hydrogen) atoms. The van der Waals surface area contributed by atoms with Crippen LogP contribution < -0.4 is 0 Å². The average molecular weight is 163 g/mol. The van der Waals surface area contributed by atoms with Crippen LogP contribution in [0, 0.1) is 13.8 Å². The molecule has 1 heteroatoms. The second-order valence-corrected chi connectivity index (χ2v) is 3.24. The molecule has 0 aromatic heterocycles. The van der Waals surface area contributed by atoms with E-state index in [1.54, 1.807) is 0 Å². The second kappa shape index (κ2) is 4.27. The summed E-state index contributed by atoms with van der Waals surface area (Å²) < 4.78 is 0. The first-order valence-corrected chi connectivity index (χ1v) is 4.38. The second-order valence-electron chi connectivity index (χ2n) is 3.24. The van der Waals surface area contributed by atoms with E-state index in [0.29, 0.717) is 0 Å². The van der Waals surface area contributed by atoms with Gasteiger partial charge in [-0.3, -0.25) is 0 Å². The first kappa shape index (κ1) is 9.27. The molecule has 1 nitrogen and oxygen atoms in total. The Bertz CT molecular complexity index is 253. The van der Waals surface area contributed by atoms with Crippen LogP contribution in [0.15, 0.2) is 18.2 Å². The van der Waals surface area contributed by atoms with Crippen LogP contribution in [-0.2, 0) is 11.5 Å². The number of hydrogen-bond donors (Lipinski definition) is 0. The number of aryl methyl sites for hydroxylation is 3. The smallest absolute Gasteiger partial charge is 0.0825 e. The van der Waals surface area contributed by atoms with Crippen molar-refractivity contribution >= 4 is 0 Å². The molecule has 65 valence electrons. The van der Waals surface area contributed by atoms with Gasteiger partial charge >= 0.3 is 0 Å². The summed E-state index contributed by atoms with van der Waals surface area (Å²) in [5, 5.41) is 10.3. The number of hydrogen-bond acceptors (Lipinski definition) is 0. The highest BCUT2D eigenvalue weighted by atomic mass is 16.2. The van der Waals surface area contributed by atoms with Gasteiger partial charge in [0.1, 0.15) is 0 Å². The molecule has 1 rings (SSSR count). The molecule has 0 spiro atoms. The zero-order valence-electron chi connectivity index (χ0n) is 7.76. The summed E-state index contributed by atoms with van der Waals surface area (Å²) in [7, 11) is 0. The van der Waals surface area contributed by atoms with E-state index in [4.69, 9.17) is 0 Å². The molecule has 0 heterocycles. The van der Waals surface area contributed by atoms with Gasteiger partial charge in [0.25, 0.3) is 0 Å². The first-order valence-electron chi connectivity index (χ1n) is 4.38. The minimum atomic E-state index is 0.0350. The zero-order chi connectivity index (χ0) is 8.97. The highest BCUT2D eigenvalue weighted by Crippen LogP contribution is 2.11. The van der Waals surface area contributed by atoms with Crippen LogP contribution in [0.5, 0.6) is 0 Å². The van der Waals surface area contributed by atoms with E-state index < -0.39 is 0 Å². The molecule has 0 saturated heterocycles. The van der Waals surface area contributed by atoms with Crippen LogP contribution >= 0.6 is 0 Å². The molecular formula is C11H15O. The Kier molecular flexibility index (Phi) is 3.30. The summed E-state index contributed by atoms with van der Waals surface area (Å²) in [6.45, 7) is 4.23. The summed E-state index contributed by atoms with van der Waals surface area (Å²) in [5.74, 6) is 0. The van der Waals surface area contributed by atoms with Gasteiger partial charge in [0, 0.05) is 0 Å². The lowest BCUT2D eigenvalue weighted by atomic mass is 10.0. The van der Waals surface area contributed by atoms with E-state index in [-0.39, 0.29) is 6.61 Å². The lowest BCUT2D eigenvalue weighted by molar-refractivity contribution is 0.189. The molecule has 0 saturated carbocycles. The average Bonchev–Trinajstić information content (AvgIpc) is 2.03. The van der Waals surface area contributed by atoms with Crippen molar-refractivity contribution in [3.8, 4) is 0 Å². The van der Waals surface area contributed by atoms with Crippen molar-refractivity contribution < 1.29 is 5.11 Å². The van der Waals surface area contributed by atoms with E-state index in [9.17, 15) is 5.11 Å². The number of benzene rings is 1. The SMILES string of the molecule is Cc1ccc(CCC[O])c(C)c1. The van der Waals surface area contributed by atoms with E-state index in [1.807, 2.05) is 0 Å². The molecule has 1 aromatic rings. The summed E-state index contributed by atoms with van der Waals surface area (Å²) in [6, 6.07) is 6.40. The maximum Gasteiger partial charge on any atom is 0.0825 e. The normalized spacial score (nSPS) is 10.2. The monoisotopic (exact) mass is 163 g/mol. The van der Waals surface area contributed by atoms with Crippen molar-refractivity contribution in [2.45, 2.75) is 26.7 Å². The third-order valence-electron chi connectivity index (χ3n) is 2.09. The molecule has 0 aliphatic carbocycles. The van der Waals surface area contributed by atoms with Crippen LogP contribution in [0.3, 0.4) is 0 Å². The fourth-order valence-corrected chi connectivity index (χ4v) is 1.39. The molecule has 0 bridgehead atoms. The third-order valence-corrected chi connectivity index (χ3v) is 2.09. The lowest BCUT2D eigenvalue weighted by Crippen LogP contribution is -1.92. The van der Waals surface area contributed by atoms with Gasteiger partial charge in [0.2, 0.25) is 0 Å². The van der Waals surface area contributed by atoms with Gasteiger partial charge < -0.3 is 0 Å². The molecule has 0 amide bonds. The summed E-state index contributed by atoms with van der Waals surface area (Å²) in [4.78, 5) is 0. The van der Waals surface area contributed by atoms with Gasteiger partial charge in [0.15, 0.2) is 0 Å². The van der Waals surface area contributed by atoms with E-state index in [1.165, 1.54) is 16.7 Å². The van der Waals surface area contributed by atoms with Crippen molar-refractivity contribution in [3.05, 3.63) is 34.9 Å². The van der Waals surface area contributed by atoms with Gasteiger partial charge in [-0.2, -0.15) is 0 Å². The standard InChI is InChI=1S/C11H15O/c1-9-5-6-11(4-3-7-12)10(2)8-9/h5-6,8H,3-4,7H2,1-2H3. The largest absolute Gasteiger partial charge is 0.237 e. The maximum atomic E-state index is 10.3. The molecule has 1 radical (unpaired) electrons. The third kappa shape index (κ3) is 2.35. The van der Waals surface area contributed by atoms with Gasteiger partial charge in [-0.1, -0.05) is 23.8 Å². The van der Waals surface area contributed by atoms with Crippen molar-refractivity contribution in [2.24, 2.45) is 0 Å². The zero-order valence-corrected chi connectivity index (χ0v) is 7.76.